The molecule has 1 atom stereocenters. The highest BCUT2D eigenvalue weighted by Gasteiger charge is 2.30. The van der Waals surface area contributed by atoms with Crippen LogP contribution in [0.15, 0.2) is 36.4 Å². The largest absolute Gasteiger partial charge is 0.473 e. The fourth-order valence-corrected chi connectivity index (χ4v) is 5.80. The third kappa shape index (κ3) is 7.76. The van der Waals surface area contributed by atoms with Crippen molar-refractivity contribution in [3.05, 3.63) is 42.0 Å². The molecule has 0 bridgehead atoms. The highest BCUT2D eigenvalue weighted by Crippen LogP contribution is 2.31. The Bertz CT molecular complexity index is 616. The molecular formula is C19H29NO4SSi. The number of allylic oxidation sites excluding steroid dienone is 1. The van der Waals surface area contributed by atoms with Crippen LogP contribution in [0.3, 0.4) is 0 Å². The van der Waals surface area contributed by atoms with Gasteiger partial charge in [-0.05, 0) is 36.9 Å². The molecule has 1 aromatic rings. The van der Waals surface area contributed by atoms with E-state index in [0.717, 1.165) is 6.04 Å². The van der Waals surface area contributed by atoms with Crippen LogP contribution in [0.25, 0.3) is 5.57 Å². The van der Waals surface area contributed by atoms with Crippen LogP contribution in [0.2, 0.25) is 19.6 Å². The van der Waals surface area contributed by atoms with Crippen LogP contribution in [0.1, 0.15) is 31.7 Å². The number of nitrogens with zero attached hydrogens (tertiary/aromatic N) is 1. The molecule has 2 N–H and O–H groups in total. The summed E-state index contributed by atoms with van der Waals surface area (Å²) in [6.45, 7) is 10.9. The molecule has 0 radical (unpaired) electrons. The maximum absolute atomic E-state index is 9.39. The van der Waals surface area contributed by atoms with Gasteiger partial charge in [0.15, 0.2) is 0 Å². The lowest BCUT2D eigenvalue weighted by Gasteiger charge is -2.41. The van der Waals surface area contributed by atoms with Crippen molar-refractivity contribution in [2.24, 2.45) is 0 Å². The number of rotatable bonds is 4. The van der Waals surface area contributed by atoms with Crippen molar-refractivity contribution in [1.29, 1.82) is 0 Å². The van der Waals surface area contributed by atoms with E-state index >= 15 is 0 Å². The van der Waals surface area contributed by atoms with Crippen LogP contribution >= 0.6 is 11.8 Å². The van der Waals surface area contributed by atoms with Gasteiger partial charge >= 0.3 is 10.6 Å². The summed E-state index contributed by atoms with van der Waals surface area (Å²) in [6, 6.07) is 11.6. The fraction of sp³-hybridized carbons (Fsp3) is 0.474. The summed E-state index contributed by atoms with van der Waals surface area (Å²) in [6.07, 6.45) is 6.25. The highest BCUT2D eigenvalue weighted by molar-refractivity contribution is 8.25. The van der Waals surface area contributed by atoms with E-state index in [1.807, 2.05) is 0 Å². The zero-order chi connectivity index (χ0) is 19.7. The molecule has 26 heavy (non-hydrogen) atoms. The highest BCUT2D eigenvalue weighted by atomic mass is 32.2. The second kappa shape index (κ2) is 10.5. The fourth-order valence-electron chi connectivity index (χ4n) is 3.37. The number of benzene rings is 1. The molecule has 0 heterocycles. The maximum atomic E-state index is 9.39. The van der Waals surface area contributed by atoms with Crippen LogP contribution in [0.5, 0.6) is 0 Å². The van der Waals surface area contributed by atoms with Crippen molar-refractivity contribution in [2.45, 2.75) is 51.9 Å². The van der Waals surface area contributed by atoms with Crippen molar-refractivity contribution < 1.29 is 19.8 Å². The molecule has 0 spiro atoms. The minimum atomic E-state index is -1.40. The van der Waals surface area contributed by atoms with Crippen molar-refractivity contribution in [3.8, 4) is 0 Å². The standard InChI is InChI=1S/C17H27NSi.C2H2O4S/c1-5-18(19(2,3)4)17-13-11-16(12-14-17)15-9-7-6-8-10-15;3-1(4)7-2(5)6/h6-11,17H,5,12-14H2,1-4H3;(H,3,4)(H,5,6). The van der Waals surface area contributed by atoms with Gasteiger partial charge < -0.3 is 14.8 Å². The third-order valence-electron chi connectivity index (χ3n) is 4.35. The topological polar surface area (TPSA) is 77.8 Å². The average molecular weight is 396 g/mol. The summed E-state index contributed by atoms with van der Waals surface area (Å²) >= 11 is -0.157. The van der Waals surface area contributed by atoms with Crippen molar-refractivity contribution in [2.75, 3.05) is 6.54 Å². The second-order valence-corrected chi connectivity index (χ2v) is 12.9. The van der Waals surface area contributed by atoms with E-state index in [1.165, 1.54) is 31.4 Å². The van der Waals surface area contributed by atoms with Crippen LogP contribution in [0, 0.1) is 0 Å². The van der Waals surface area contributed by atoms with Gasteiger partial charge in [-0.25, -0.2) is 9.59 Å². The maximum Gasteiger partial charge on any atom is 0.376 e. The molecule has 0 aliphatic heterocycles. The molecule has 0 amide bonds. The van der Waals surface area contributed by atoms with Gasteiger partial charge in [-0.2, -0.15) is 0 Å². The van der Waals surface area contributed by atoms with Crippen molar-refractivity contribution in [3.63, 3.8) is 0 Å². The monoisotopic (exact) mass is 395 g/mol. The first-order valence-corrected chi connectivity index (χ1v) is 13.1. The molecule has 1 aromatic carbocycles. The predicted molar refractivity (Wildman–Crippen MR) is 111 cm³/mol. The molecular weight excluding hydrogens is 366 g/mol. The molecule has 2 rings (SSSR count). The molecule has 0 fully saturated rings. The number of hydrogen-bond donors (Lipinski definition) is 2. The molecule has 0 saturated heterocycles. The van der Waals surface area contributed by atoms with Crippen LogP contribution < -0.4 is 0 Å². The van der Waals surface area contributed by atoms with Gasteiger partial charge in [0.25, 0.3) is 0 Å². The molecule has 1 aliphatic rings. The van der Waals surface area contributed by atoms with E-state index in [2.05, 4.69) is 67.5 Å². The Kier molecular flexibility index (Phi) is 9.11. The van der Waals surface area contributed by atoms with Gasteiger partial charge in [-0.1, -0.05) is 63.0 Å². The molecule has 1 aliphatic carbocycles. The summed E-state index contributed by atoms with van der Waals surface area (Å²) in [5.41, 5.74) is 2.96. The van der Waals surface area contributed by atoms with E-state index in [1.54, 1.807) is 5.57 Å². The Morgan fingerprint density at radius 1 is 1.15 bits per heavy atom. The quantitative estimate of drug-likeness (QED) is 0.622. The zero-order valence-electron chi connectivity index (χ0n) is 15.9. The van der Waals surface area contributed by atoms with E-state index in [-0.39, 0.29) is 11.8 Å². The third-order valence-corrected chi connectivity index (χ3v) is 7.10. The molecule has 144 valence electrons. The predicted octanol–water partition coefficient (Wildman–Crippen LogP) is 5.85. The minimum absolute atomic E-state index is 0.157. The summed E-state index contributed by atoms with van der Waals surface area (Å²) in [4.78, 5) is 18.8. The lowest BCUT2D eigenvalue weighted by molar-refractivity contribution is 0.217. The SMILES string of the molecule is CCN(C1CC=C(c2ccccc2)CC1)[Si](C)(C)C.O=C(O)SC(=O)O. The molecule has 5 nitrogen and oxygen atoms in total. The Morgan fingerprint density at radius 3 is 2.08 bits per heavy atom. The van der Waals surface area contributed by atoms with Crippen LogP contribution in [-0.4, -0.2) is 46.2 Å². The van der Waals surface area contributed by atoms with Crippen molar-refractivity contribution >= 4 is 36.2 Å². The number of carboxylic acid groups (broad SMARTS) is 2. The number of hydrogen-bond acceptors (Lipinski definition) is 4. The summed E-state index contributed by atoms with van der Waals surface area (Å²) in [5.74, 6) is 0. The lowest BCUT2D eigenvalue weighted by Crippen LogP contribution is -2.52. The molecule has 0 saturated carbocycles. The summed E-state index contributed by atoms with van der Waals surface area (Å²) in [7, 11) is -1.17. The van der Waals surface area contributed by atoms with E-state index in [9.17, 15) is 9.59 Å². The lowest BCUT2D eigenvalue weighted by atomic mass is 9.91. The van der Waals surface area contributed by atoms with Gasteiger partial charge in [0, 0.05) is 6.04 Å². The number of carbonyl (C=O) groups is 2. The van der Waals surface area contributed by atoms with Crippen LogP contribution in [-0.2, 0) is 0 Å². The van der Waals surface area contributed by atoms with Gasteiger partial charge in [-0.3, -0.25) is 0 Å². The van der Waals surface area contributed by atoms with Gasteiger partial charge in [-0.15, -0.1) is 0 Å². The first-order valence-electron chi connectivity index (χ1n) is 8.80. The Labute approximate surface area is 161 Å². The van der Waals surface area contributed by atoms with Crippen molar-refractivity contribution in [1.82, 2.24) is 4.57 Å². The molecule has 7 heteroatoms. The van der Waals surface area contributed by atoms with Crippen LogP contribution in [0.4, 0.5) is 9.59 Å². The summed E-state index contributed by atoms with van der Waals surface area (Å²) in [5, 5.41) is 12.5. The zero-order valence-corrected chi connectivity index (χ0v) is 17.8. The first-order chi connectivity index (χ1) is 12.1. The Hall–Kier alpha value is -1.57. The van der Waals surface area contributed by atoms with Gasteiger partial charge in [0.2, 0.25) is 0 Å². The summed E-state index contributed by atoms with van der Waals surface area (Å²) < 4.78 is 2.78. The number of thioether (sulfide) groups is 1. The Morgan fingerprint density at radius 2 is 1.73 bits per heavy atom. The normalized spacial score (nSPS) is 17.1. The average Bonchev–Trinajstić information content (AvgIpc) is 2.55. The molecule has 1 unspecified atom stereocenters. The smallest absolute Gasteiger partial charge is 0.376 e. The first kappa shape index (κ1) is 22.5. The minimum Gasteiger partial charge on any atom is -0.473 e. The second-order valence-electron chi connectivity index (χ2n) is 7.11. The van der Waals surface area contributed by atoms with E-state index in [0.29, 0.717) is 0 Å². The van der Waals surface area contributed by atoms with Gasteiger partial charge in [0.1, 0.15) is 8.24 Å². The molecule has 0 aromatic heterocycles. The van der Waals surface area contributed by atoms with E-state index in [4.69, 9.17) is 10.2 Å². The Balaban J connectivity index is 0.000000412. The van der Waals surface area contributed by atoms with Gasteiger partial charge in [0.05, 0.1) is 11.8 Å². The van der Waals surface area contributed by atoms with E-state index < -0.39 is 18.8 Å².